The van der Waals surface area contributed by atoms with Crippen LogP contribution in [0.2, 0.25) is 0 Å². The van der Waals surface area contributed by atoms with E-state index in [1.165, 1.54) is 6.07 Å². The Labute approximate surface area is 76.2 Å². The molecule has 0 spiro atoms. The molecule has 13 heavy (non-hydrogen) atoms. The summed E-state index contributed by atoms with van der Waals surface area (Å²) >= 11 is 0. The number of aromatic hydroxyl groups is 1. The van der Waals surface area contributed by atoms with Crippen LogP contribution in [0.4, 0.5) is 0 Å². The van der Waals surface area contributed by atoms with Gasteiger partial charge in [0.15, 0.2) is 0 Å². The molecule has 1 aromatic carbocycles. The zero-order valence-corrected chi connectivity index (χ0v) is 7.14. The van der Waals surface area contributed by atoms with Crippen LogP contribution < -0.4 is 5.73 Å². The summed E-state index contributed by atoms with van der Waals surface area (Å²) in [6.45, 7) is -0.222. The van der Waals surface area contributed by atoms with Crippen molar-refractivity contribution in [3.8, 4) is 5.75 Å². The van der Waals surface area contributed by atoms with Crippen LogP contribution in [0.1, 0.15) is 11.1 Å². The van der Waals surface area contributed by atoms with Gasteiger partial charge in [0.05, 0.1) is 6.61 Å². The summed E-state index contributed by atoms with van der Waals surface area (Å²) in [7, 11) is 0. The van der Waals surface area contributed by atoms with Gasteiger partial charge in [-0.1, -0.05) is 6.07 Å². The van der Waals surface area contributed by atoms with Crippen molar-refractivity contribution >= 4 is 0 Å². The van der Waals surface area contributed by atoms with Gasteiger partial charge in [-0.2, -0.15) is 0 Å². The highest BCUT2D eigenvalue weighted by molar-refractivity contribution is 5.35. The van der Waals surface area contributed by atoms with E-state index in [4.69, 9.17) is 15.9 Å². The molecule has 1 unspecified atom stereocenters. The van der Waals surface area contributed by atoms with Crippen molar-refractivity contribution in [1.82, 2.24) is 0 Å². The SMILES string of the molecule is NC(O)Cc1ccc(O)c(CO)c1. The van der Waals surface area contributed by atoms with Crippen molar-refractivity contribution in [1.29, 1.82) is 0 Å². The molecule has 0 bridgehead atoms. The smallest absolute Gasteiger partial charge is 0.121 e. The normalized spacial score (nSPS) is 12.8. The van der Waals surface area contributed by atoms with Gasteiger partial charge < -0.3 is 21.1 Å². The summed E-state index contributed by atoms with van der Waals surface area (Å²) in [4.78, 5) is 0. The highest BCUT2D eigenvalue weighted by atomic mass is 16.3. The molecule has 0 saturated heterocycles. The zero-order valence-electron chi connectivity index (χ0n) is 7.14. The molecule has 0 aromatic heterocycles. The number of aliphatic hydroxyl groups is 2. The maximum atomic E-state index is 9.22. The Morgan fingerprint density at radius 3 is 2.62 bits per heavy atom. The molecule has 0 radical (unpaired) electrons. The lowest BCUT2D eigenvalue weighted by atomic mass is 10.1. The van der Waals surface area contributed by atoms with Crippen molar-refractivity contribution in [3.05, 3.63) is 29.3 Å². The molecule has 0 amide bonds. The molecule has 0 aliphatic carbocycles. The summed E-state index contributed by atoms with van der Waals surface area (Å²) in [6, 6.07) is 4.75. The third-order valence-corrected chi connectivity index (χ3v) is 1.76. The van der Waals surface area contributed by atoms with Gasteiger partial charge in [-0.15, -0.1) is 0 Å². The van der Waals surface area contributed by atoms with E-state index >= 15 is 0 Å². The number of hydrogen-bond donors (Lipinski definition) is 4. The fourth-order valence-corrected chi connectivity index (χ4v) is 1.13. The second-order valence-corrected chi connectivity index (χ2v) is 2.89. The molecule has 4 heteroatoms. The van der Waals surface area contributed by atoms with Crippen LogP contribution in [-0.2, 0) is 13.0 Å². The Balaban J connectivity index is 2.86. The molecule has 1 rings (SSSR count). The van der Waals surface area contributed by atoms with E-state index in [1.54, 1.807) is 12.1 Å². The van der Waals surface area contributed by atoms with Crippen molar-refractivity contribution in [2.75, 3.05) is 0 Å². The standard InChI is InChI=1S/C9H13NO3/c10-9(13)4-6-1-2-8(12)7(3-6)5-11/h1-3,9,11-13H,4-5,10H2. The van der Waals surface area contributed by atoms with Crippen LogP contribution in [-0.4, -0.2) is 21.5 Å². The zero-order chi connectivity index (χ0) is 9.84. The lowest BCUT2D eigenvalue weighted by Crippen LogP contribution is -2.21. The number of hydrogen-bond acceptors (Lipinski definition) is 4. The summed E-state index contributed by atoms with van der Waals surface area (Å²) in [6.07, 6.45) is -0.594. The van der Waals surface area contributed by atoms with Gasteiger partial charge in [0.25, 0.3) is 0 Å². The predicted molar refractivity (Wildman–Crippen MR) is 47.9 cm³/mol. The van der Waals surface area contributed by atoms with Gasteiger partial charge in [-0.05, 0) is 17.7 Å². The minimum absolute atomic E-state index is 0.0535. The molecule has 0 fully saturated rings. The van der Waals surface area contributed by atoms with Crippen LogP contribution >= 0.6 is 0 Å². The first-order valence-electron chi connectivity index (χ1n) is 3.98. The van der Waals surface area contributed by atoms with E-state index in [9.17, 15) is 5.11 Å². The minimum Gasteiger partial charge on any atom is -0.508 e. The maximum Gasteiger partial charge on any atom is 0.121 e. The molecule has 0 saturated carbocycles. The van der Waals surface area contributed by atoms with Gasteiger partial charge >= 0.3 is 0 Å². The monoisotopic (exact) mass is 183 g/mol. The third kappa shape index (κ3) is 2.69. The molecular weight excluding hydrogens is 170 g/mol. The molecule has 4 nitrogen and oxygen atoms in total. The molecule has 0 aliphatic rings. The van der Waals surface area contributed by atoms with Gasteiger partial charge in [-0.25, -0.2) is 0 Å². The number of nitrogens with two attached hydrogens (primary N) is 1. The predicted octanol–water partition coefficient (Wildman–Crippen LogP) is -0.296. The first kappa shape index (κ1) is 9.98. The summed E-state index contributed by atoms with van der Waals surface area (Å²) < 4.78 is 0. The molecule has 0 aliphatic heterocycles. The average molecular weight is 183 g/mol. The number of benzene rings is 1. The van der Waals surface area contributed by atoms with Gasteiger partial charge in [0, 0.05) is 12.0 Å². The van der Waals surface area contributed by atoms with E-state index in [2.05, 4.69) is 0 Å². The molecule has 0 heterocycles. The highest BCUT2D eigenvalue weighted by Crippen LogP contribution is 2.18. The lowest BCUT2D eigenvalue weighted by Gasteiger charge is -2.07. The highest BCUT2D eigenvalue weighted by Gasteiger charge is 2.03. The fraction of sp³-hybridized carbons (Fsp3) is 0.333. The van der Waals surface area contributed by atoms with Crippen LogP contribution in [0.25, 0.3) is 0 Å². The second kappa shape index (κ2) is 4.23. The van der Waals surface area contributed by atoms with Gasteiger partial charge in [-0.3, -0.25) is 0 Å². The van der Waals surface area contributed by atoms with Crippen molar-refractivity contribution < 1.29 is 15.3 Å². The summed E-state index contributed by atoms with van der Waals surface area (Å²) in [5, 5.41) is 26.9. The molecular formula is C9H13NO3. The van der Waals surface area contributed by atoms with Gasteiger partial charge in [0.1, 0.15) is 12.0 Å². The average Bonchev–Trinajstić information content (AvgIpc) is 2.07. The topological polar surface area (TPSA) is 86.7 Å². The summed E-state index contributed by atoms with van der Waals surface area (Å²) in [5.74, 6) is 0.0535. The van der Waals surface area contributed by atoms with E-state index < -0.39 is 6.23 Å². The fourth-order valence-electron chi connectivity index (χ4n) is 1.13. The van der Waals surface area contributed by atoms with Crippen LogP contribution in [0.5, 0.6) is 5.75 Å². The van der Waals surface area contributed by atoms with E-state index in [1.807, 2.05) is 0 Å². The van der Waals surface area contributed by atoms with E-state index in [-0.39, 0.29) is 12.4 Å². The first-order valence-corrected chi connectivity index (χ1v) is 3.98. The Hall–Kier alpha value is -1.10. The molecule has 1 atom stereocenters. The van der Waals surface area contributed by atoms with Crippen LogP contribution in [0.15, 0.2) is 18.2 Å². The minimum atomic E-state index is -0.906. The Morgan fingerprint density at radius 2 is 2.08 bits per heavy atom. The lowest BCUT2D eigenvalue weighted by molar-refractivity contribution is 0.182. The van der Waals surface area contributed by atoms with Crippen molar-refractivity contribution in [2.45, 2.75) is 19.3 Å². The van der Waals surface area contributed by atoms with Crippen molar-refractivity contribution in [2.24, 2.45) is 5.73 Å². The van der Waals surface area contributed by atoms with Crippen LogP contribution in [0, 0.1) is 0 Å². The Morgan fingerprint density at radius 1 is 1.38 bits per heavy atom. The summed E-state index contributed by atoms with van der Waals surface area (Å²) in [5.41, 5.74) is 6.42. The number of rotatable bonds is 3. The first-order chi connectivity index (χ1) is 6.13. The Kier molecular flexibility index (Phi) is 3.25. The van der Waals surface area contributed by atoms with Gasteiger partial charge in [0.2, 0.25) is 0 Å². The maximum absolute atomic E-state index is 9.22. The quantitative estimate of drug-likeness (QED) is 0.485. The largest absolute Gasteiger partial charge is 0.508 e. The van der Waals surface area contributed by atoms with Crippen LogP contribution in [0.3, 0.4) is 0 Å². The van der Waals surface area contributed by atoms with E-state index in [0.717, 1.165) is 5.56 Å². The second-order valence-electron chi connectivity index (χ2n) is 2.89. The Bertz CT molecular complexity index is 286. The third-order valence-electron chi connectivity index (χ3n) is 1.76. The molecule has 1 aromatic rings. The molecule has 72 valence electrons. The van der Waals surface area contributed by atoms with E-state index in [0.29, 0.717) is 12.0 Å². The molecule has 5 N–H and O–H groups in total. The van der Waals surface area contributed by atoms with Crippen molar-refractivity contribution in [3.63, 3.8) is 0 Å². The number of aliphatic hydroxyl groups excluding tert-OH is 2. The number of phenols is 1.